The van der Waals surface area contributed by atoms with E-state index < -0.39 is 37.9 Å². The molecule has 0 bridgehead atoms. The van der Waals surface area contributed by atoms with Crippen molar-refractivity contribution in [3.63, 3.8) is 0 Å². The first-order chi connectivity index (χ1) is 12.9. The number of likely N-dealkylation sites (tertiary alicyclic amines) is 1. The Bertz CT molecular complexity index is 793. The van der Waals surface area contributed by atoms with E-state index in [0.29, 0.717) is 13.0 Å². The van der Waals surface area contributed by atoms with Gasteiger partial charge in [-0.05, 0) is 32.6 Å². The molecule has 4 atom stereocenters. The molecular formula is C18H29N3O6S. The minimum atomic E-state index is -3.68. The zero-order valence-corrected chi connectivity index (χ0v) is 17.5. The number of sulfone groups is 1. The van der Waals surface area contributed by atoms with Crippen molar-refractivity contribution in [2.24, 2.45) is 5.92 Å². The van der Waals surface area contributed by atoms with Crippen LogP contribution in [0, 0.1) is 5.92 Å². The van der Waals surface area contributed by atoms with Crippen molar-refractivity contribution in [2.45, 2.75) is 75.2 Å². The fourth-order valence-corrected chi connectivity index (χ4v) is 6.63. The summed E-state index contributed by atoms with van der Waals surface area (Å²) in [6, 6.07) is -2.28. The van der Waals surface area contributed by atoms with E-state index in [1.165, 1.54) is 13.8 Å². The molecular weight excluding hydrogens is 386 g/mol. The third-order valence-electron chi connectivity index (χ3n) is 6.33. The second kappa shape index (κ2) is 6.98. The lowest BCUT2D eigenvalue weighted by Crippen LogP contribution is -2.62. The van der Waals surface area contributed by atoms with E-state index in [1.807, 2.05) is 0 Å². The molecule has 28 heavy (non-hydrogen) atoms. The molecule has 0 spiro atoms. The van der Waals surface area contributed by atoms with Gasteiger partial charge in [0, 0.05) is 6.54 Å². The summed E-state index contributed by atoms with van der Waals surface area (Å²) in [6.45, 7) is 6.86. The van der Waals surface area contributed by atoms with E-state index in [9.17, 15) is 27.9 Å². The normalized spacial score (nSPS) is 31.5. The maximum atomic E-state index is 13.1. The monoisotopic (exact) mass is 415 g/mol. The molecule has 3 heterocycles. The van der Waals surface area contributed by atoms with Crippen molar-refractivity contribution in [1.29, 1.82) is 0 Å². The lowest BCUT2D eigenvalue weighted by Gasteiger charge is -2.38. The standard InChI is InChI=1S/C18H29N3O6S/c1-10(2)14(17(25)20-7-5-6-11(20)9-22)19-16(24)15-18(3,4)28(26,27)13-8-12(23)21(13)15/h10-11,13-15,22H,5-9H2,1-4H3,(H,19,24). The maximum absolute atomic E-state index is 13.1. The van der Waals surface area contributed by atoms with Crippen LogP contribution >= 0.6 is 0 Å². The van der Waals surface area contributed by atoms with Gasteiger partial charge in [0.15, 0.2) is 9.84 Å². The highest BCUT2D eigenvalue weighted by Gasteiger charge is 2.67. The number of amides is 3. The molecule has 3 aliphatic rings. The molecule has 0 saturated carbocycles. The zero-order valence-electron chi connectivity index (χ0n) is 16.7. The van der Waals surface area contributed by atoms with Crippen LogP contribution in [-0.4, -0.2) is 82.4 Å². The third-order valence-corrected chi connectivity index (χ3v) is 9.13. The van der Waals surface area contributed by atoms with Gasteiger partial charge >= 0.3 is 0 Å². The number of nitrogens with one attached hydrogen (secondary N) is 1. The fourth-order valence-electron chi connectivity index (χ4n) is 4.49. The van der Waals surface area contributed by atoms with E-state index in [4.69, 9.17) is 0 Å². The molecule has 0 aromatic rings. The highest BCUT2D eigenvalue weighted by atomic mass is 32.2. The summed E-state index contributed by atoms with van der Waals surface area (Å²) < 4.78 is 24.0. The third kappa shape index (κ3) is 2.92. The van der Waals surface area contributed by atoms with Crippen molar-refractivity contribution >= 4 is 27.6 Å². The molecule has 2 N–H and O–H groups in total. The molecule has 4 unspecified atom stereocenters. The van der Waals surface area contributed by atoms with E-state index in [2.05, 4.69) is 5.32 Å². The Kier molecular flexibility index (Phi) is 5.24. The second-order valence-electron chi connectivity index (χ2n) is 8.75. The number of fused-ring (bicyclic) bond motifs is 1. The summed E-state index contributed by atoms with van der Waals surface area (Å²) in [4.78, 5) is 40.8. The molecule has 10 heteroatoms. The predicted molar refractivity (Wildman–Crippen MR) is 101 cm³/mol. The van der Waals surface area contributed by atoms with Crippen molar-refractivity contribution in [3.05, 3.63) is 0 Å². The van der Waals surface area contributed by atoms with Gasteiger partial charge in [-0.25, -0.2) is 8.42 Å². The molecule has 3 saturated heterocycles. The van der Waals surface area contributed by atoms with Crippen LogP contribution in [0.5, 0.6) is 0 Å². The lowest BCUT2D eigenvalue weighted by molar-refractivity contribution is -0.151. The second-order valence-corrected chi connectivity index (χ2v) is 11.4. The number of carbonyl (C=O) groups excluding carboxylic acids is 3. The summed E-state index contributed by atoms with van der Waals surface area (Å²) in [6.07, 6.45) is 1.39. The molecule has 0 aromatic carbocycles. The highest BCUT2D eigenvalue weighted by Crippen LogP contribution is 2.45. The molecule has 3 amide bonds. The summed E-state index contributed by atoms with van der Waals surface area (Å²) in [5.41, 5.74) is 0. The Balaban J connectivity index is 1.83. The molecule has 3 aliphatic heterocycles. The number of aliphatic hydroxyl groups is 1. The largest absolute Gasteiger partial charge is 0.394 e. The van der Waals surface area contributed by atoms with Gasteiger partial charge < -0.3 is 20.2 Å². The Labute approximate surface area is 165 Å². The summed E-state index contributed by atoms with van der Waals surface area (Å²) >= 11 is 0. The Morgan fingerprint density at radius 1 is 1.32 bits per heavy atom. The molecule has 0 aliphatic carbocycles. The van der Waals surface area contributed by atoms with Crippen molar-refractivity contribution in [2.75, 3.05) is 13.2 Å². The van der Waals surface area contributed by atoms with Crippen LogP contribution in [0.3, 0.4) is 0 Å². The Morgan fingerprint density at radius 2 is 1.96 bits per heavy atom. The molecule has 0 aromatic heterocycles. The van der Waals surface area contributed by atoms with Crippen LogP contribution in [0.2, 0.25) is 0 Å². The molecule has 0 radical (unpaired) electrons. The van der Waals surface area contributed by atoms with E-state index in [0.717, 1.165) is 11.3 Å². The van der Waals surface area contributed by atoms with Gasteiger partial charge in [-0.15, -0.1) is 0 Å². The number of hydrogen-bond donors (Lipinski definition) is 2. The number of β-lactam (4-membered cyclic amide) rings is 1. The minimum Gasteiger partial charge on any atom is -0.394 e. The first-order valence-electron chi connectivity index (χ1n) is 9.71. The average Bonchev–Trinajstić information content (AvgIpc) is 3.12. The first kappa shape index (κ1) is 21.0. The summed E-state index contributed by atoms with van der Waals surface area (Å²) in [5.74, 6) is -1.52. The number of carbonyl (C=O) groups is 3. The predicted octanol–water partition coefficient (Wildman–Crippen LogP) is -0.755. The number of hydrogen-bond acceptors (Lipinski definition) is 6. The van der Waals surface area contributed by atoms with E-state index in [1.54, 1.807) is 18.7 Å². The van der Waals surface area contributed by atoms with Gasteiger partial charge in [0.2, 0.25) is 17.7 Å². The van der Waals surface area contributed by atoms with Crippen molar-refractivity contribution < 1.29 is 27.9 Å². The van der Waals surface area contributed by atoms with Crippen LogP contribution in [0.15, 0.2) is 0 Å². The first-order valence-corrected chi connectivity index (χ1v) is 11.3. The van der Waals surface area contributed by atoms with Crippen LogP contribution in [0.25, 0.3) is 0 Å². The SMILES string of the molecule is CC(C)C(NC(=O)C1N2C(=O)CC2S(=O)(=O)C1(C)C)C(=O)N1CCCC1CO. The summed E-state index contributed by atoms with van der Waals surface area (Å²) in [7, 11) is -3.68. The number of nitrogens with zero attached hydrogens (tertiary/aromatic N) is 2. The highest BCUT2D eigenvalue weighted by molar-refractivity contribution is 7.93. The van der Waals surface area contributed by atoms with E-state index in [-0.39, 0.29) is 36.8 Å². The molecule has 9 nitrogen and oxygen atoms in total. The Morgan fingerprint density at radius 3 is 2.50 bits per heavy atom. The van der Waals surface area contributed by atoms with Gasteiger partial charge in [-0.3, -0.25) is 14.4 Å². The van der Waals surface area contributed by atoms with Crippen LogP contribution in [0.1, 0.15) is 47.0 Å². The molecule has 3 rings (SSSR count). The van der Waals surface area contributed by atoms with Crippen molar-refractivity contribution in [3.8, 4) is 0 Å². The molecule has 3 fully saturated rings. The quantitative estimate of drug-likeness (QED) is 0.569. The Hall–Kier alpha value is -1.68. The van der Waals surface area contributed by atoms with Gasteiger partial charge in [-0.2, -0.15) is 0 Å². The average molecular weight is 416 g/mol. The smallest absolute Gasteiger partial charge is 0.245 e. The van der Waals surface area contributed by atoms with E-state index >= 15 is 0 Å². The van der Waals surface area contributed by atoms with Crippen molar-refractivity contribution in [1.82, 2.24) is 15.1 Å². The zero-order chi connectivity index (χ0) is 21.0. The molecule has 158 valence electrons. The fraction of sp³-hybridized carbons (Fsp3) is 0.833. The van der Waals surface area contributed by atoms with Gasteiger partial charge in [0.1, 0.15) is 17.5 Å². The number of rotatable bonds is 5. The number of aliphatic hydroxyl groups excluding tert-OH is 1. The maximum Gasteiger partial charge on any atom is 0.245 e. The topological polar surface area (TPSA) is 124 Å². The van der Waals surface area contributed by atoms with Crippen LogP contribution in [0.4, 0.5) is 0 Å². The van der Waals surface area contributed by atoms with Crippen LogP contribution < -0.4 is 5.32 Å². The summed E-state index contributed by atoms with van der Waals surface area (Å²) in [5, 5.41) is 11.2. The van der Waals surface area contributed by atoms with Gasteiger partial charge in [-0.1, -0.05) is 13.8 Å². The minimum absolute atomic E-state index is 0.103. The van der Waals surface area contributed by atoms with Crippen LogP contribution in [-0.2, 0) is 24.2 Å². The van der Waals surface area contributed by atoms with Gasteiger partial charge in [0.05, 0.1) is 23.8 Å². The lowest BCUT2D eigenvalue weighted by atomic mass is 9.95. The van der Waals surface area contributed by atoms with Gasteiger partial charge in [0.25, 0.3) is 0 Å².